The van der Waals surface area contributed by atoms with Crippen molar-refractivity contribution in [3.63, 3.8) is 0 Å². The number of benzene rings is 1. The minimum absolute atomic E-state index is 0.191. The molecule has 1 aromatic rings. The molecule has 1 aliphatic rings. The minimum Gasteiger partial charge on any atom is -0.508 e. The Hall–Kier alpha value is -1.99. The summed E-state index contributed by atoms with van der Waals surface area (Å²) in [6.07, 6.45) is 1.38. The van der Waals surface area contributed by atoms with E-state index in [9.17, 15) is 9.90 Å². The molecule has 0 unspecified atom stereocenters. The van der Waals surface area contributed by atoms with Crippen molar-refractivity contribution in [1.82, 2.24) is 5.32 Å². The van der Waals surface area contributed by atoms with Crippen molar-refractivity contribution < 1.29 is 23.9 Å². The van der Waals surface area contributed by atoms with Crippen molar-refractivity contribution in [3.8, 4) is 5.75 Å². The zero-order valence-electron chi connectivity index (χ0n) is 17.3. The zero-order chi connectivity index (χ0) is 20.5. The highest BCUT2D eigenvalue weighted by atomic mass is 16.7. The van der Waals surface area contributed by atoms with E-state index in [4.69, 9.17) is 14.0 Å². The molecule has 0 aliphatic carbocycles. The topological polar surface area (TPSA) is 77.0 Å². The molecule has 0 aromatic heterocycles. The van der Waals surface area contributed by atoms with Crippen LogP contribution in [-0.4, -0.2) is 41.7 Å². The fraction of sp³-hybridized carbons (Fsp3) is 0.550. The number of aromatic hydroxyl groups is 1. The molecule has 27 heavy (non-hydrogen) atoms. The fourth-order valence-electron chi connectivity index (χ4n) is 2.47. The van der Waals surface area contributed by atoms with Crippen LogP contribution in [-0.2, 0) is 14.0 Å². The summed E-state index contributed by atoms with van der Waals surface area (Å²) in [6.45, 7) is 13.6. The van der Waals surface area contributed by atoms with Gasteiger partial charge in [0.1, 0.15) is 11.4 Å². The first-order valence-electron chi connectivity index (χ1n) is 9.11. The van der Waals surface area contributed by atoms with Gasteiger partial charge in [0.15, 0.2) is 0 Å². The lowest BCUT2D eigenvalue weighted by atomic mass is 9.77. The van der Waals surface area contributed by atoms with Gasteiger partial charge in [-0.05, 0) is 71.6 Å². The molecule has 0 radical (unpaired) electrons. The number of hydrogen-bond acceptors (Lipinski definition) is 5. The Kier molecular flexibility index (Phi) is 5.97. The van der Waals surface area contributed by atoms with E-state index in [0.717, 1.165) is 11.0 Å². The molecular formula is C20H30BNO5. The van der Waals surface area contributed by atoms with Crippen molar-refractivity contribution in [1.29, 1.82) is 0 Å². The SMILES string of the molecule is CC(C)(C)OC(=O)NCC(=Cc1ccc(O)cc1)B1OC(C)(C)C(C)(C)O1. The van der Waals surface area contributed by atoms with Crippen LogP contribution >= 0.6 is 0 Å². The molecule has 0 spiro atoms. The molecule has 1 aliphatic heterocycles. The molecule has 1 aromatic carbocycles. The van der Waals surface area contributed by atoms with Crippen LogP contribution < -0.4 is 5.32 Å². The lowest BCUT2D eigenvalue weighted by Crippen LogP contribution is -2.41. The van der Waals surface area contributed by atoms with E-state index in [-0.39, 0.29) is 12.3 Å². The van der Waals surface area contributed by atoms with Crippen molar-refractivity contribution >= 4 is 19.3 Å². The highest BCUT2D eigenvalue weighted by Crippen LogP contribution is 2.38. The fourth-order valence-corrected chi connectivity index (χ4v) is 2.47. The number of alkyl carbamates (subject to hydrolysis) is 1. The molecule has 0 bridgehead atoms. The lowest BCUT2D eigenvalue weighted by molar-refractivity contribution is 0.00578. The van der Waals surface area contributed by atoms with Crippen LogP contribution in [0, 0.1) is 0 Å². The Balaban J connectivity index is 2.22. The van der Waals surface area contributed by atoms with E-state index >= 15 is 0 Å². The number of ether oxygens (including phenoxy) is 1. The second kappa shape index (κ2) is 7.56. The second-order valence-corrected chi connectivity index (χ2v) is 8.75. The van der Waals surface area contributed by atoms with Crippen LogP contribution in [0.3, 0.4) is 0 Å². The molecule has 0 saturated carbocycles. The maximum atomic E-state index is 12.1. The summed E-state index contributed by atoms with van der Waals surface area (Å²) in [5.74, 6) is 0.191. The van der Waals surface area contributed by atoms with Crippen molar-refractivity contribution in [2.24, 2.45) is 0 Å². The van der Waals surface area contributed by atoms with Crippen molar-refractivity contribution in [2.45, 2.75) is 65.3 Å². The van der Waals surface area contributed by atoms with Gasteiger partial charge >= 0.3 is 13.2 Å². The monoisotopic (exact) mass is 375 g/mol. The van der Waals surface area contributed by atoms with Crippen LogP contribution in [0.15, 0.2) is 29.7 Å². The smallest absolute Gasteiger partial charge is 0.492 e. The maximum absolute atomic E-state index is 12.1. The third kappa shape index (κ3) is 5.74. The van der Waals surface area contributed by atoms with Crippen LogP contribution in [0.4, 0.5) is 4.79 Å². The van der Waals surface area contributed by atoms with Gasteiger partial charge in [0.25, 0.3) is 0 Å². The third-order valence-corrected chi connectivity index (χ3v) is 4.64. The number of nitrogens with one attached hydrogen (secondary N) is 1. The Labute approximate surface area is 162 Å². The lowest BCUT2D eigenvalue weighted by Gasteiger charge is -2.32. The number of hydrogen-bond donors (Lipinski definition) is 2. The second-order valence-electron chi connectivity index (χ2n) is 8.75. The minimum atomic E-state index is -0.598. The molecule has 148 valence electrons. The predicted octanol–water partition coefficient (Wildman–Crippen LogP) is 3.93. The van der Waals surface area contributed by atoms with Gasteiger partial charge in [0, 0.05) is 6.54 Å². The highest BCUT2D eigenvalue weighted by molar-refractivity contribution is 6.56. The first-order valence-corrected chi connectivity index (χ1v) is 9.11. The van der Waals surface area contributed by atoms with Crippen molar-refractivity contribution in [3.05, 3.63) is 35.3 Å². The summed E-state index contributed by atoms with van der Waals surface area (Å²) < 4.78 is 17.6. The van der Waals surface area contributed by atoms with Crippen LogP contribution in [0.25, 0.3) is 6.08 Å². The maximum Gasteiger partial charge on any atom is 0.492 e. The number of carbonyl (C=O) groups is 1. The van der Waals surface area contributed by atoms with Crippen LogP contribution in [0.1, 0.15) is 54.0 Å². The van der Waals surface area contributed by atoms with E-state index in [1.54, 1.807) is 24.3 Å². The number of amides is 1. The van der Waals surface area contributed by atoms with Crippen LogP contribution in [0.5, 0.6) is 5.75 Å². The quantitative estimate of drug-likeness (QED) is 0.780. The predicted molar refractivity (Wildman–Crippen MR) is 106 cm³/mol. The van der Waals surface area contributed by atoms with Gasteiger partial charge in [-0.25, -0.2) is 4.79 Å². The summed E-state index contributed by atoms with van der Waals surface area (Å²) in [5, 5.41) is 12.2. The third-order valence-electron chi connectivity index (χ3n) is 4.64. The molecule has 1 saturated heterocycles. The molecule has 1 heterocycles. The number of phenols is 1. The van der Waals surface area contributed by atoms with E-state index in [1.807, 2.05) is 54.5 Å². The van der Waals surface area contributed by atoms with Gasteiger partial charge in [-0.15, -0.1) is 0 Å². The molecule has 0 atom stereocenters. The van der Waals surface area contributed by atoms with Gasteiger partial charge in [-0.1, -0.05) is 18.2 Å². The summed E-state index contributed by atoms with van der Waals surface area (Å²) in [6, 6.07) is 6.78. The van der Waals surface area contributed by atoms with E-state index in [2.05, 4.69) is 5.32 Å². The average Bonchev–Trinajstić information content (AvgIpc) is 2.72. The first-order chi connectivity index (χ1) is 12.3. The summed E-state index contributed by atoms with van der Waals surface area (Å²) in [5.41, 5.74) is 0.0681. The van der Waals surface area contributed by atoms with E-state index in [1.165, 1.54) is 0 Å². The first kappa shape index (κ1) is 21.3. The highest BCUT2D eigenvalue weighted by Gasteiger charge is 2.52. The zero-order valence-corrected chi connectivity index (χ0v) is 17.3. The molecule has 1 fully saturated rings. The van der Waals surface area contributed by atoms with E-state index < -0.39 is 30.0 Å². The van der Waals surface area contributed by atoms with Gasteiger partial charge in [-0.3, -0.25) is 0 Å². The van der Waals surface area contributed by atoms with Crippen molar-refractivity contribution in [2.75, 3.05) is 6.54 Å². The molecule has 2 rings (SSSR count). The number of rotatable bonds is 4. The average molecular weight is 375 g/mol. The Morgan fingerprint density at radius 3 is 2.15 bits per heavy atom. The summed E-state index contributed by atoms with van der Waals surface area (Å²) in [4.78, 5) is 12.1. The summed E-state index contributed by atoms with van der Waals surface area (Å²) in [7, 11) is -0.598. The molecule has 1 amide bonds. The molecule has 2 N–H and O–H groups in total. The van der Waals surface area contributed by atoms with Gasteiger partial charge in [0.05, 0.1) is 11.2 Å². The van der Waals surface area contributed by atoms with E-state index in [0.29, 0.717) is 0 Å². The number of carbonyl (C=O) groups excluding carboxylic acids is 1. The van der Waals surface area contributed by atoms with Crippen LogP contribution in [0.2, 0.25) is 0 Å². The Morgan fingerprint density at radius 2 is 1.67 bits per heavy atom. The Morgan fingerprint density at radius 1 is 1.15 bits per heavy atom. The summed E-state index contributed by atoms with van der Waals surface area (Å²) >= 11 is 0. The van der Waals surface area contributed by atoms with Gasteiger partial charge in [-0.2, -0.15) is 0 Å². The standard InChI is InChI=1S/C20H30BNO5/c1-18(2,3)25-17(24)22-13-15(12-14-8-10-16(23)11-9-14)21-26-19(4,5)20(6,7)27-21/h8-12,23H,13H2,1-7H3,(H,22,24). The largest absolute Gasteiger partial charge is 0.508 e. The van der Waals surface area contributed by atoms with Gasteiger partial charge in [0.2, 0.25) is 0 Å². The normalized spacial score (nSPS) is 19.1. The molecule has 6 nitrogen and oxygen atoms in total. The Bertz CT molecular complexity index is 688. The molecule has 7 heteroatoms. The van der Waals surface area contributed by atoms with Gasteiger partial charge < -0.3 is 24.5 Å². The number of phenolic OH excluding ortho intramolecular Hbond substituents is 1. The molecular weight excluding hydrogens is 345 g/mol.